The number of carbonyl (C=O) groups excluding carboxylic acids is 7. The molecule has 4 aromatic rings. The molecule has 566 valence electrons. The minimum Gasteiger partial charge on any atom is -0.497 e. The van der Waals surface area contributed by atoms with Crippen LogP contribution >= 0.6 is 0 Å². The molecule has 0 aliphatic carbocycles. The quantitative estimate of drug-likeness (QED) is 0.0211. The highest BCUT2D eigenvalue weighted by molar-refractivity contribution is 5.91. The van der Waals surface area contributed by atoms with Crippen molar-refractivity contribution in [1.29, 1.82) is 0 Å². The monoisotopic (exact) mass is 1420 g/mol. The molecule has 1 aliphatic rings. The number of aliphatic hydroxyl groups excluding tert-OH is 1. The molecule has 5 unspecified atom stereocenters. The van der Waals surface area contributed by atoms with Crippen molar-refractivity contribution in [2.75, 3.05) is 98.8 Å². The van der Waals surface area contributed by atoms with Crippen LogP contribution in [0.1, 0.15) is 204 Å². The number of esters is 1. The molecule has 21 nitrogen and oxygen atoms in total. The topological polar surface area (TPSA) is 265 Å². The molecular formula is C81H118N2O19. The summed E-state index contributed by atoms with van der Waals surface area (Å²) >= 11 is 0. The standard InChI is InChI=1S/C81H118N2O19/c1-9-94-44-20-26-70(87)38-41-80(42-39-71(88)27-21-45-95-10-2,43-40-72(89)28-22-46-96-47-48-97-49-50-98-51-52-99-79-78(82-62(5)85)61(4)60(3)76(102-79)59-100-63(6)86)56-73(90)25-18-13-11-12-14-19-29-77(91)83-69-54-64(57-84)53-65(55-69)58-101-81(66-23-16-15-17-24-66,67-30-34-74(92-7)35-31-67)68-32-36-75(93-8)37-33-68/h15-17,23-24,30-37,53-55,60-61,76,78-79,84H,9-14,18-22,25-29,38-52,56-59H2,1-8H3,(H,82,85)(H,83,91). The molecule has 1 heterocycles. The summed E-state index contributed by atoms with van der Waals surface area (Å²) in [5.74, 6) is 0.916. The minimum atomic E-state index is -1.07. The lowest BCUT2D eigenvalue weighted by Gasteiger charge is -2.44. The molecule has 1 aliphatic heterocycles. The van der Waals surface area contributed by atoms with Crippen LogP contribution in [0.15, 0.2) is 97.1 Å². The van der Waals surface area contributed by atoms with E-state index in [1.165, 1.54) is 13.8 Å². The van der Waals surface area contributed by atoms with E-state index in [-0.39, 0.29) is 124 Å². The molecule has 0 radical (unpaired) electrons. The summed E-state index contributed by atoms with van der Waals surface area (Å²) in [6, 6.07) is 30.8. The number of hydrogen-bond acceptors (Lipinski definition) is 19. The molecule has 5 atom stereocenters. The fourth-order valence-electron chi connectivity index (χ4n) is 13.0. The molecule has 1 fully saturated rings. The van der Waals surface area contributed by atoms with Crippen LogP contribution in [0.3, 0.4) is 0 Å². The van der Waals surface area contributed by atoms with Crippen LogP contribution in [-0.2, 0) is 95.0 Å². The fourth-order valence-corrected chi connectivity index (χ4v) is 13.0. The predicted octanol–water partition coefficient (Wildman–Crippen LogP) is 13.3. The molecule has 0 bridgehead atoms. The number of benzene rings is 4. The van der Waals surface area contributed by atoms with Gasteiger partial charge >= 0.3 is 5.97 Å². The number of nitrogens with one attached hydrogen (secondary N) is 2. The van der Waals surface area contributed by atoms with Crippen molar-refractivity contribution in [2.24, 2.45) is 17.3 Å². The molecule has 0 aromatic heterocycles. The molecular weight excluding hydrogens is 1300 g/mol. The first-order valence-electron chi connectivity index (χ1n) is 37.0. The number of methoxy groups -OCH3 is 2. The summed E-state index contributed by atoms with van der Waals surface area (Å²) in [5, 5.41) is 16.4. The van der Waals surface area contributed by atoms with Crippen molar-refractivity contribution in [3.8, 4) is 11.5 Å². The number of rotatable bonds is 57. The van der Waals surface area contributed by atoms with E-state index in [0.29, 0.717) is 159 Å². The molecule has 2 amide bonds. The maximum Gasteiger partial charge on any atom is 0.302 e. The van der Waals surface area contributed by atoms with E-state index in [4.69, 9.17) is 52.1 Å². The molecule has 4 aromatic carbocycles. The third kappa shape index (κ3) is 31.7. The van der Waals surface area contributed by atoms with Crippen molar-refractivity contribution in [1.82, 2.24) is 5.32 Å². The lowest BCUT2D eigenvalue weighted by molar-refractivity contribution is -0.247. The van der Waals surface area contributed by atoms with Gasteiger partial charge in [0.2, 0.25) is 11.8 Å². The van der Waals surface area contributed by atoms with Crippen LogP contribution in [0.5, 0.6) is 11.5 Å². The van der Waals surface area contributed by atoms with Crippen molar-refractivity contribution in [3.63, 3.8) is 0 Å². The first-order chi connectivity index (χ1) is 49.4. The van der Waals surface area contributed by atoms with Crippen molar-refractivity contribution < 1.29 is 90.8 Å². The Morgan fingerprint density at radius 3 is 1.48 bits per heavy atom. The van der Waals surface area contributed by atoms with Crippen LogP contribution in [-0.4, -0.2) is 158 Å². The van der Waals surface area contributed by atoms with E-state index < -0.39 is 23.3 Å². The van der Waals surface area contributed by atoms with Crippen LogP contribution in [0.2, 0.25) is 0 Å². The highest BCUT2D eigenvalue weighted by atomic mass is 16.7. The zero-order valence-electron chi connectivity index (χ0n) is 62.2. The summed E-state index contributed by atoms with van der Waals surface area (Å²) in [5.41, 5.74) is 2.83. The van der Waals surface area contributed by atoms with Gasteiger partial charge in [-0.25, -0.2) is 0 Å². The largest absolute Gasteiger partial charge is 0.497 e. The van der Waals surface area contributed by atoms with Gasteiger partial charge in [-0.3, -0.25) is 33.6 Å². The zero-order chi connectivity index (χ0) is 73.8. The van der Waals surface area contributed by atoms with Gasteiger partial charge in [0, 0.05) is 110 Å². The number of ether oxygens (including phenoxy) is 11. The first kappa shape index (κ1) is 85.9. The molecule has 21 heteroatoms. The van der Waals surface area contributed by atoms with Crippen molar-refractivity contribution >= 4 is 46.6 Å². The van der Waals surface area contributed by atoms with Crippen molar-refractivity contribution in [3.05, 3.63) is 125 Å². The summed E-state index contributed by atoms with van der Waals surface area (Å²) in [7, 11) is 3.26. The zero-order valence-corrected chi connectivity index (χ0v) is 62.2. The Balaban J connectivity index is 1.08. The Hall–Kier alpha value is -6.79. The molecule has 5 rings (SSSR count). The Kier molecular flexibility index (Phi) is 41.3. The molecule has 102 heavy (non-hydrogen) atoms. The van der Waals surface area contributed by atoms with E-state index >= 15 is 0 Å². The second-order valence-corrected chi connectivity index (χ2v) is 26.7. The SMILES string of the molecule is CCOCCCC(=O)CCC(CCC(=O)CCCOCC)(CCC(=O)CCCOCCOCCOCCOC1OC(COC(C)=O)C(C)C(C)C1NC(C)=O)CC(=O)CCCCCCCCC(=O)Nc1cc(CO)cc(COC(c2ccccc2)(c2ccc(OC)cc2)c2ccc(OC)cc2)c1. The van der Waals surface area contributed by atoms with Gasteiger partial charge in [0.1, 0.15) is 46.8 Å². The highest BCUT2D eigenvalue weighted by Crippen LogP contribution is 2.44. The molecule has 0 saturated carbocycles. The number of carbonyl (C=O) groups is 7. The number of amides is 2. The average Bonchev–Trinajstić information content (AvgIpc) is 0.756. The van der Waals surface area contributed by atoms with Crippen LogP contribution in [0, 0.1) is 17.3 Å². The van der Waals surface area contributed by atoms with Gasteiger partial charge in [-0.05, 0) is 147 Å². The summed E-state index contributed by atoms with van der Waals surface area (Å²) < 4.78 is 63.7. The van der Waals surface area contributed by atoms with Gasteiger partial charge in [-0.1, -0.05) is 100 Å². The summed E-state index contributed by atoms with van der Waals surface area (Å²) in [6.45, 7) is 14.8. The van der Waals surface area contributed by atoms with Gasteiger partial charge in [-0.2, -0.15) is 0 Å². The number of Topliss-reactive ketones (excluding diaryl/α,β-unsaturated/α-hetero) is 4. The molecule has 3 N–H and O–H groups in total. The first-order valence-corrected chi connectivity index (χ1v) is 37.0. The van der Waals surface area contributed by atoms with E-state index in [0.717, 1.165) is 47.9 Å². The second kappa shape index (κ2) is 49.0. The number of unbranched alkanes of at least 4 members (excludes halogenated alkanes) is 5. The van der Waals surface area contributed by atoms with E-state index in [1.807, 2.05) is 119 Å². The highest BCUT2D eigenvalue weighted by Gasteiger charge is 2.43. The summed E-state index contributed by atoms with van der Waals surface area (Å²) in [4.78, 5) is 91.4. The lowest BCUT2D eigenvalue weighted by atomic mass is 9.70. The van der Waals surface area contributed by atoms with Gasteiger partial charge in [0.25, 0.3) is 0 Å². The van der Waals surface area contributed by atoms with Gasteiger partial charge in [0.05, 0.1) is 79.2 Å². The van der Waals surface area contributed by atoms with E-state index in [1.54, 1.807) is 20.3 Å². The van der Waals surface area contributed by atoms with E-state index in [2.05, 4.69) is 10.6 Å². The lowest BCUT2D eigenvalue weighted by Crippen LogP contribution is -2.58. The van der Waals surface area contributed by atoms with Gasteiger partial charge in [0.15, 0.2) is 6.29 Å². The third-order valence-electron chi connectivity index (χ3n) is 18.9. The normalized spacial score (nSPS) is 16.1. The maximum atomic E-state index is 14.1. The van der Waals surface area contributed by atoms with E-state index in [9.17, 15) is 38.7 Å². The smallest absolute Gasteiger partial charge is 0.302 e. The Morgan fingerprint density at radius 2 is 0.980 bits per heavy atom. The second-order valence-electron chi connectivity index (χ2n) is 26.7. The Labute approximate surface area is 606 Å². The van der Waals surface area contributed by atoms with Crippen LogP contribution in [0.25, 0.3) is 0 Å². The number of aliphatic hydroxyl groups is 1. The summed E-state index contributed by atoms with van der Waals surface area (Å²) in [6.07, 6.45) is 9.08. The predicted molar refractivity (Wildman–Crippen MR) is 390 cm³/mol. The molecule has 1 saturated heterocycles. The Morgan fingerprint density at radius 1 is 0.510 bits per heavy atom. The number of ketones is 4. The van der Waals surface area contributed by atoms with Crippen molar-refractivity contribution in [2.45, 2.75) is 214 Å². The van der Waals surface area contributed by atoms with Gasteiger partial charge in [-0.15, -0.1) is 0 Å². The fraction of sp³-hybridized carbons (Fsp3) is 0.617. The van der Waals surface area contributed by atoms with Crippen LogP contribution < -0.4 is 20.1 Å². The van der Waals surface area contributed by atoms with Crippen LogP contribution in [0.4, 0.5) is 5.69 Å². The average molecular weight is 1420 g/mol. The number of hydrogen-bond donors (Lipinski definition) is 3. The minimum absolute atomic E-state index is 0.00118. The van der Waals surface area contributed by atoms with Gasteiger partial charge < -0.3 is 67.8 Å². The number of anilines is 1. The maximum absolute atomic E-state index is 14.1. The Bertz CT molecular complexity index is 2990. The molecule has 0 spiro atoms. The third-order valence-corrected chi connectivity index (χ3v) is 18.9.